The van der Waals surface area contributed by atoms with Crippen molar-refractivity contribution < 1.29 is 17.5 Å². The first-order valence-electron chi connectivity index (χ1n) is 5.37. The number of hydrogen-bond acceptors (Lipinski definition) is 2. The largest absolute Gasteiger partial charge is 0.394 e. The number of rotatable bonds is 2. The first-order chi connectivity index (χ1) is 8.88. The minimum Gasteiger partial charge on any atom is -0.264 e. The van der Waals surface area contributed by atoms with Gasteiger partial charge in [-0.25, -0.2) is 0 Å². The normalized spacial score (nSPS) is 9.70. The summed E-state index contributed by atoms with van der Waals surface area (Å²) in [5.41, 5.74) is 3.43. The van der Waals surface area contributed by atoms with Gasteiger partial charge in [0.05, 0.1) is 0 Å². The Bertz CT molecular complexity index is 575. The summed E-state index contributed by atoms with van der Waals surface area (Å²) in [5.74, 6) is 0. The molecule has 4 nitrogen and oxygen atoms in total. The Morgan fingerprint density at radius 1 is 0.800 bits per heavy atom. The van der Waals surface area contributed by atoms with Gasteiger partial charge in [-0.15, -0.1) is 12.4 Å². The predicted molar refractivity (Wildman–Crippen MR) is 82.4 cm³/mol. The van der Waals surface area contributed by atoms with Gasteiger partial charge >= 0.3 is 10.4 Å². The molecule has 2 rings (SSSR count). The second-order valence-electron chi connectivity index (χ2n) is 3.66. The van der Waals surface area contributed by atoms with Crippen molar-refractivity contribution in [2.75, 3.05) is 0 Å². The lowest BCUT2D eigenvalue weighted by Crippen LogP contribution is -1.89. The van der Waals surface area contributed by atoms with Gasteiger partial charge in [0.15, 0.2) is 0 Å². The van der Waals surface area contributed by atoms with E-state index in [0.29, 0.717) is 0 Å². The second kappa shape index (κ2) is 8.50. The molecule has 20 heavy (non-hydrogen) atoms. The Balaban J connectivity index is 0.000000526. The van der Waals surface area contributed by atoms with E-state index in [1.54, 1.807) is 0 Å². The van der Waals surface area contributed by atoms with Gasteiger partial charge in [-0.2, -0.15) is 8.42 Å². The molecule has 0 aromatic heterocycles. The maximum atomic E-state index is 8.74. The summed E-state index contributed by atoms with van der Waals surface area (Å²) >= 11 is 0. The highest BCUT2D eigenvalue weighted by Gasteiger charge is 1.99. The van der Waals surface area contributed by atoms with Crippen LogP contribution in [0.25, 0.3) is 5.57 Å². The third-order valence-electron chi connectivity index (χ3n) is 2.24. The molecule has 2 aromatic carbocycles. The van der Waals surface area contributed by atoms with Crippen LogP contribution in [-0.4, -0.2) is 17.5 Å². The highest BCUT2D eigenvalue weighted by Crippen LogP contribution is 2.20. The van der Waals surface area contributed by atoms with Crippen LogP contribution < -0.4 is 0 Å². The van der Waals surface area contributed by atoms with Crippen molar-refractivity contribution in [3.8, 4) is 0 Å². The highest BCUT2D eigenvalue weighted by molar-refractivity contribution is 7.79. The van der Waals surface area contributed by atoms with Crippen LogP contribution in [0, 0.1) is 0 Å². The van der Waals surface area contributed by atoms with Crippen LogP contribution in [0.15, 0.2) is 67.2 Å². The lowest BCUT2D eigenvalue weighted by atomic mass is 10.0. The second-order valence-corrected chi connectivity index (χ2v) is 4.55. The van der Waals surface area contributed by atoms with Crippen LogP contribution in [0.3, 0.4) is 0 Å². The molecule has 0 aliphatic heterocycles. The molecule has 2 N–H and O–H groups in total. The zero-order chi connectivity index (χ0) is 14.3. The maximum absolute atomic E-state index is 8.74. The Kier molecular flexibility index (Phi) is 7.79. The molecule has 0 fully saturated rings. The number of benzene rings is 2. The van der Waals surface area contributed by atoms with E-state index in [0.717, 1.165) is 5.57 Å². The molecule has 6 heteroatoms. The summed E-state index contributed by atoms with van der Waals surface area (Å²) in [6, 6.07) is 20.5. The average Bonchev–Trinajstić information content (AvgIpc) is 2.38. The van der Waals surface area contributed by atoms with E-state index >= 15 is 0 Å². The van der Waals surface area contributed by atoms with E-state index in [1.807, 2.05) is 36.4 Å². The molecule has 2 aromatic rings. The molecule has 0 radical (unpaired) electrons. The fourth-order valence-electron chi connectivity index (χ4n) is 1.45. The van der Waals surface area contributed by atoms with Crippen LogP contribution in [0.2, 0.25) is 0 Å². The summed E-state index contributed by atoms with van der Waals surface area (Å²) in [6.45, 7) is 4.10. The highest BCUT2D eigenvalue weighted by atomic mass is 35.5. The third kappa shape index (κ3) is 7.70. The van der Waals surface area contributed by atoms with Crippen molar-refractivity contribution in [2.45, 2.75) is 0 Å². The SMILES string of the molecule is C=C(c1ccccc1)c1ccccc1.Cl.O=S(=O)(O)O. The lowest BCUT2D eigenvalue weighted by molar-refractivity contribution is 0.381. The van der Waals surface area contributed by atoms with Crippen LogP contribution in [0.1, 0.15) is 11.1 Å². The molecule has 0 amide bonds. The standard InChI is InChI=1S/C14H12.ClH.H2O4S/c1-12(13-8-4-2-5-9-13)14-10-6-3-7-11-14;;1-5(2,3)4/h2-11H,1H2;1H;(H2,1,2,3,4). The molecule has 0 saturated heterocycles. The smallest absolute Gasteiger partial charge is 0.264 e. The van der Waals surface area contributed by atoms with E-state index in [-0.39, 0.29) is 12.4 Å². The van der Waals surface area contributed by atoms with Gasteiger partial charge < -0.3 is 0 Å². The predicted octanol–water partition coefficient (Wildman–Crippen LogP) is 3.52. The van der Waals surface area contributed by atoms with Crippen LogP contribution in [-0.2, 0) is 10.4 Å². The van der Waals surface area contributed by atoms with Crippen molar-refractivity contribution >= 4 is 28.4 Å². The molecular weight excluding hydrogens is 300 g/mol. The fourth-order valence-corrected chi connectivity index (χ4v) is 1.45. The van der Waals surface area contributed by atoms with Crippen LogP contribution in [0.4, 0.5) is 0 Å². The summed E-state index contributed by atoms with van der Waals surface area (Å²) in [5, 5.41) is 0. The first-order valence-corrected chi connectivity index (χ1v) is 6.77. The van der Waals surface area contributed by atoms with Crippen molar-refractivity contribution in [1.29, 1.82) is 0 Å². The van der Waals surface area contributed by atoms with E-state index in [1.165, 1.54) is 11.1 Å². The molecule has 0 atom stereocenters. The summed E-state index contributed by atoms with van der Waals surface area (Å²) in [4.78, 5) is 0. The Morgan fingerprint density at radius 2 is 1.05 bits per heavy atom. The van der Waals surface area contributed by atoms with E-state index < -0.39 is 10.4 Å². The minimum absolute atomic E-state index is 0. The molecular formula is C14H15ClO4S. The first kappa shape index (κ1) is 18.3. The van der Waals surface area contributed by atoms with Gasteiger partial charge in [-0.3, -0.25) is 9.11 Å². The van der Waals surface area contributed by atoms with Gasteiger partial charge in [-0.1, -0.05) is 67.2 Å². The molecule has 0 aliphatic carbocycles. The van der Waals surface area contributed by atoms with Gasteiger partial charge in [0, 0.05) is 0 Å². The monoisotopic (exact) mass is 314 g/mol. The van der Waals surface area contributed by atoms with E-state index in [2.05, 4.69) is 30.8 Å². The quantitative estimate of drug-likeness (QED) is 0.832. The Hall–Kier alpha value is -1.66. The summed E-state index contributed by atoms with van der Waals surface area (Å²) < 4.78 is 31.6. The molecule has 0 aliphatic rings. The molecule has 0 spiro atoms. The molecule has 0 heterocycles. The number of hydrogen-bond donors (Lipinski definition) is 2. The van der Waals surface area contributed by atoms with Crippen molar-refractivity contribution in [3.63, 3.8) is 0 Å². The molecule has 0 bridgehead atoms. The minimum atomic E-state index is -4.67. The summed E-state index contributed by atoms with van der Waals surface area (Å²) in [6.07, 6.45) is 0. The average molecular weight is 315 g/mol. The van der Waals surface area contributed by atoms with Gasteiger partial charge in [0.25, 0.3) is 0 Å². The molecule has 108 valence electrons. The Labute approximate surface area is 124 Å². The molecule has 0 unspecified atom stereocenters. The van der Waals surface area contributed by atoms with Crippen molar-refractivity contribution in [1.82, 2.24) is 0 Å². The maximum Gasteiger partial charge on any atom is 0.394 e. The zero-order valence-electron chi connectivity index (χ0n) is 10.5. The van der Waals surface area contributed by atoms with Crippen LogP contribution in [0.5, 0.6) is 0 Å². The van der Waals surface area contributed by atoms with Crippen molar-refractivity contribution in [2.24, 2.45) is 0 Å². The summed E-state index contributed by atoms with van der Waals surface area (Å²) in [7, 11) is -4.67. The number of halogens is 1. The Morgan fingerprint density at radius 3 is 1.30 bits per heavy atom. The van der Waals surface area contributed by atoms with Crippen molar-refractivity contribution in [3.05, 3.63) is 78.4 Å². The fraction of sp³-hybridized carbons (Fsp3) is 0. The molecule has 0 saturated carbocycles. The lowest BCUT2D eigenvalue weighted by Gasteiger charge is -2.04. The van der Waals surface area contributed by atoms with E-state index in [9.17, 15) is 0 Å². The third-order valence-corrected chi connectivity index (χ3v) is 2.24. The zero-order valence-corrected chi connectivity index (χ0v) is 12.1. The van der Waals surface area contributed by atoms with Gasteiger partial charge in [0.2, 0.25) is 0 Å². The van der Waals surface area contributed by atoms with Crippen LogP contribution >= 0.6 is 12.4 Å². The van der Waals surface area contributed by atoms with Gasteiger partial charge in [-0.05, 0) is 16.7 Å². The van der Waals surface area contributed by atoms with E-state index in [4.69, 9.17) is 17.5 Å². The topological polar surface area (TPSA) is 74.6 Å². The van der Waals surface area contributed by atoms with Gasteiger partial charge in [0.1, 0.15) is 0 Å².